The molecule has 2 fully saturated rings. The number of para-hydroxylation sites is 1. The van der Waals surface area contributed by atoms with Crippen molar-refractivity contribution in [2.75, 3.05) is 37.9 Å². The van der Waals surface area contributed by atoms with Crippen LogP contribution in [0.25, 0.3) is 0 Å². The lowest BCUT2D eigenvalue weighted by molar-refractivity contribution is -0.130. The van der Waals surface area contributed by atoms with Crippen LogP contribution in [0.5, 0.6) is 0 Å². The first kappa shape index (κ1) is 30.6. The molecule has 1 amide bonds. The van der Waals surface area contributed by atoms with E-state index < -0.39 is 31.7 Å². The zero-order chi connectivity index (χ0) is 29.3. The van der Waals surface area contributed by atoms with Crippen LogP contribution >= 0.6 is 15.2 Å². The summed E-state index contributed by atoms with van der Waals surface area (Å²) < 4.78 is 54.6. The van der Waals surface area contributed by atoms with Crippen LogP contribution in [0.2, 0.25) is 0 Å². The average Bonchev–Trinajstić information content (AvgIpc) is 3.42. The molecular weight excluding hydrogens is 562 g/mol. The molecular formula is C30H42N2O7P2. The Hall–Kier alpha value is -1.83. The highest BCUT2D eigenvalue weighted by Gasteiger charge is 2.80. The van der Waals surface area contributed by atoms with E-state index >= 15 is 9.13 Å². The van der Waals surface area contributed by atoms with Gasteiger partial charge in [-0.25, -0.2) is 0 Å². The van der Waals surface area contributed by atoms with Crippen LogP contribution in [0.1, 0.15) is 64.5 Å². The van der Waals surface area contributed by atoms with Gasteiger partial charge in [-0.1, -0.05) is 55.0 Å². The molecule has 3 aliphatic heterocycles. The van der Waals surface area contributed by atoms with E-state index in [1.807, 2.05) is 59.5 Å². The Morgan fingerprint density at radius 2 is 1.37 bits per heavy atom. The summed E-state index contributed by atoms with van der Waals surface area (Å²) in [6, 6.07) is 17.1. The second-order valence-corrected chi connectivity index (χ2v) is 15.7. The maximum Gasteiger partial charge on any atom is 0.350 e. The molecule has 2 aromatic rings. The second kappa shape index (κ2) is 12.0. The fraction of sp³-hybridized carbons (Fsp3) is 0.567. The molecule has 1 spiro atoms. The number of piperidine rings is 1. The first-order valence-electron chi connectivity index (χ1n) is 14.8. The van der Waals surface area contributed by atoms with Crippen molar-refractivity contribution in [1.82, 2.24) is 4.90 Å². The normalized spacial score (nSPS) is 24.1. The van der Waals surface area contributed by atoms with Crippen molar-refractivity contribution in [2.45, 2.75) is 76.4 Å². The maximum absolute atomic E-state index is 15.2. The van der Waals surface area contributed by atoms with Gasteiger partial charge in [-0.05, 0) is 58.7 Å². The number of fused-ring (bicyclic) bond motifs is 4. The van der Waals surface area contributed by atoms with Crippen LogP contribution in [0.3, 0.4) is 0 Å². The molecule has 11 heteroatoms. The Bertz CT molecular complexity index is 1290. The Balaban J connectivity index is 1.78. The lowest BCUT2D eigenvalue weighted by Gasteiger charge is -2.46. The van der Waals surface area contributed by atoms with Crippen LogP contribution in [0, 0.1) is 0 Å². The van der Waals surface area contributed by atoms with Gasteiger partial charge < -0.3 is 23.0 Å². The Kier molecular flexibility index (Phi) is 9.00. The average molecular weight is 605 g/mol. The van der Waals surface area contributed by atoms with Gasteiger partial charge in [-0.15, -0.1) is 0 Å². The fourth-order valence-electron chi connectivity index (χ4n) is 7.25. The van der Waals surface area contributed by atoms with Crippen molar-refractivity contribution in [3.05, 3.63) is 65.7 Å². The highest BCUT2D eigenvalue weighted by Crippen LogP contribution is 2.85. The lowest BCUT2D eigenvalue weighted by atomic mass is 9.88. The van der Waals surface area contributed by atoms with Gasteiger partial charge in [0, 0.05) is 23.7 Å². The summed E-state index contributed by atoms with van der Waals surface area (Å²) in [5.74, 6) is -0.129. The Morgan fingerprint density at radius 3 is 1.95 bits per heavy atom. The number of hydrogen-bond donors (Lipinski definition) is 0. The molecule has 2 saturated heterocycles. The minimum absolute atomic E-state index is 0.0552. The molecule has 2 atom stereocenters. The smallest absolute Gasteiger partial charge is 0.308 e. The zero-order valence-electron chi connectivity index (χ0n) is 24.5. The van der Waals surface area contributed by atoms with Crippen molar-refractivity contribution >= 4 is 26.8 Å². The number of amides is 1. The SMILES string of the molecule is CCOP(=O)(OCC)C1(P(=O)(OCC)OCC)CC2(C(=O)N(Cc3ccccc3)c3ccccc32)N2CCCCC21. The molecule has 0 N–H and O–H groups in total. The molecule has 5 rings (SSSR count). The number of hydrogen-bond acceptors (Lipinski definition) is 8. The van der Waals surface area contributed by atoms with Crippen LogP contribution < -0.4 is 4.90 Å². The summed E-state index contributed by atoms with van der Waals surface area (Å²) in [4.78, 5) is 17.2. The van der Waals surface area contributed by atoms with E-state index in [1.165, 1.54) is 0 Å². The molecule has 2 aromatic carbocycles. The van der Waals surface area contributed by atoms with E-state index in [1.54, 1.807) is 27.7 Å². The third-order valence-electron chi connectivity index (χ3n) is 8.61. The largest absolute Gasteiger partial charge is 0.350 e. The van der Waals surface area contributed by atoms with Crippen molar-refractivity contribution in [3.8, 4) is 0 Å². The van der Waals surface area contributed by atoms with Crippen molar-refractivity contribution in [3.63, 3.8) is 0 Å². The number of nitrogens with zero attached hydrogens (tertiary/aromatic N) is 2. The minimum Gasteiger partial charge on any atom is -0.308 e. The van der Waals surface area contributed by atoms with Gasteiger partial charge in [0.15, 0.2) is 4.90 Å². The number of carbonyl (C=O) groups is 1. The van der Waals surface area contributed by atoms with E-state index in [9.17, 15) is 4.79 Å². The molecule has 0 aromatic heterocycles. The molecule has 0 aliphatic carbocycles. The van der Waals surface area contributed by atoms with E-state index in [-0.39, 0.29) is 38.8 Å². The van der Waals surface area contributed by atoms with Crippen LogP contribution in [-0.4, -0.2) is 54.7 Å². The predicted molar refractivity (Wildman–Crippen MR) is 159 cm³/mol. The van der Waals surface area contributed by atoms with Gasteiger partial charge in [0.05, 0.1) is 33.0 Å². The summed E-state index contributed by atoms with van der Waals surface area (Å²) in [5, 5.41) is 0. The third-order valence-corrected chi connectivity index (χ3v) is 15.3. The van der Waals surface area contributed by atoms with Crippen molar-refractivity contribution in [1.29, 1.82) is 0 Å². The summed E-state index contributed by atoms with van der Waals surface area (Å²) in [7, 11) is -8.39. The van der Waals surface area contributed by atoms with E-state index in [4.69, 9.17) is 18.1 Å². The summed E-state index contributed by atoms with van der Waals surface area (Å²) in [5.41, 5.74) is 1.38. The topological polar surface area (TPSA) is 94.6 Å². The zero-order valence-corrected chi connectivity index (χ0v) is 26.3. The molecule has 224 valence electrons. The maximum atomic E-state index is 15.2. The molecule has 2 unspecified atom stereocenters. The van der Waals surface area contributed by atoms with Crippen LogP contribution in [-0.2, 0) is 44.1 Å². The summed E-state index contributed by atoms with van der Waals surface area (Å²) >= 11 is 0. The quantitative estimate of drug-likeness (QED) is 0.241. The molecule has 0 saturated carbocycles. The fourth-order valence-corrected chi connectivity index (χ4v) is 13.7. The van der Waals surface area contributed by atoms with Gasteiger partial charge in [0.2, 0.25) is 0 Å². The minimum atomic E-state index is -4.20. The highest BCUT2D eigenvalue weighted by atomic mass is 31.2. The molecule has 0 radical (unpaired) electrons. The van der Waals surface area contributed by atoms with Gasteiger partial charge in [0.1, 0.15) is 5.54 Å². The number of anilines is 1. The standard InChI is InChI=1S/C30H42N2O7P2/c1-5-36-40(34,37-6-2)30(41(35,38-7-3)39-8-4)23-29(32-21-15-14-20-27(30)32)25-18-12-13-19-26(25)31(28(29)33)22-24-16-10-9-11-17-24/h9-13,16-19,27H,5-8,14-15,20-23H2,1-4H3. The van der Waals surface area contributed by atoms with Crippen molar-refractivity contribution < 1.29 is 32.0 Å². The molecule has 9 nitrogen and oxygen atoms in total. The van der Waals surface area contributed by atoms with E-state index in [2.05, 4.69) is 4.90 Å². The predicted octanol–water partition coefficient (Wildman–Crippen LogP) is 6.92. The lowest BCUT2D eigenvalue weighted by Crippen LogP contribution is -2.54. The van der Waals surface area contributed by atoms with Gasteiger partial charge in [-0.2, -0.15) is 0 Å². The second-order valence-electron chi connectivity index (χ2n) is 10.7. The Labute approximate surface area is 243 Å². The summed E-state index contributed by atoms with van der Waals surface area (Å²) in [6.45, 7) is 8.26. The first-order valence-corrected chi connectivity index (χ1v) is 17.9. The summed E-state index contributed by atoms with van der Waals surface area (Å²) in [6.07, 6.45) is 2.17. The molecule has 41 heavy (non-hydrogen) atoms. The Morgan fingerprint density at radius 1 is 0.805 bits per heavy atom. The number of carbonyl (C=O) groups excluding carboxylic acids is 1. The van der Waals surface area contributed by atoms with Gasteiger partial charge in [-0.3, -0.25) is 18.8 Å². The van der Waals surface area contributed by atoms with Crippen molar-refractivity contribution in [2.24, 2.45) is 0 Å². The highest BCUT2D eigenvalue weighted by molar-refractivity contribution is 7.74. The third kappa shape index (κ3) is 4.60. The first-order chi connectivity index (χ1) is 19.8. The number of benzene rings is 2. The molecule has 3 heterocycles. The number of rotatable bonds is 12. The van der Waals surface area contributed by atoms with E-state index in [0.29, 0.717) is 19.5 Å². The van der Waals surface area contributed by atoms with Crippen LogP contribution in [0.15, 0.2) is 54.6 Å². The van der Waals surface area contributed by atoms with Crippen LogP contribution in [0.4, 0.5) is 5.69 Å². The van der Waals surface area contributed by atoms with E-state index in [0.717, 1.165) is 29.7 Å². The van der Waals surface area contributed by atoms with Gasteiger partial charge in [0.25, 0.3) is 5.91 Å². The monoisotopic (exact) mass is 604 g/mol. The molecule has 0 bridgehead atoms. The van der Waals surface area contributed by atoms with Gasteiger partial charge >= 0.3 is 15.2 Å². The molecule has 3 aliphatic rings.